The van der Waals surface area contributed by atoms with Crippen molar-refractivity contribution >= 4 is 17.3 Å². The van der Waals surface area contributed by atoms with Crippen molar-refractivity contribution in [2.24, 2.45) is 5.92 Å². The first-order valence-electron chi connectivity index (χ1n) is 5.14. The lowest BCUT2D eigenvalue weighted by Crippen LogP contribution is -2.16. The van der Waals surface area contributed by atoms with E-state index in [1.807, 2.05) is 17.5 Å². The first-order valence-corrected chi connectivity index (χ1v) is 5.14. The van der Waals surface area contributed by atoms with Crippen molar-refractivity contribution in [1.29, 1.82) is 0 Å². The summed E-state index contributed by atoms with van der Waals surface area (Å²) in [5.41, 5.74) is 6.41. The Morgan fingerprint density at radius 1 is 1.62 bits per heavy atom. The maximum absolute atomic E-state index is 8.93. The van der Waals surface area contributed by atoms with E-state index in [0.717, 1.165) is 5.65 Å². The molecule has 0 aliphatic heterocycles. The fourth-order valence-corrected chi connectivity index (χ4v) is 1.41. The van der Waals surface area contributed by atoms with Crippen LogP contribution in [0.25, 0.3) is 5.65 Å². The van der Waals surface area contributed by atoms with E-state index in [4.69, 9.17) is 10.8 Å². The Morgan fingerprint density at radius 2 is 2.44 bits per heavy atom. The maximum Gasteiger partial charge on any atom is 0.180 e. The number of aliphatic hydroxyl groups excluding tert-OH is 1. The topological polar surface area (TPSA) is 88.5 Å². The lowest BCUT2D eigenvalue weighted by Gasteiger charge is -2.11. The molecule has 2 aromatic rings. The van der Waals surface area contributed by atoms with E-state index in [0.29, 0.717) is 18.2 Å². The molecule has 0 saturated heterocycles. The number of nitrogens with two attached hydrogens (primary N) is 1. The lowest BCUT2D eigenvalue weighted by molar-refractivity contribution is 0.244. The predicted molar refractivity (Wildman–Crippen MR) is 62.1 cm³/mol. The zero-order chi connectivity index (χ0) is 11.5. The molecule has 0 saturated carbocycles. The Labute approximate surface area is 93.1 Å². The van der Waals surface area contributed by atoms with Gasteiger partial charge in [-0.2, -0.15) is 0 Å². The van der Waals surface area contributed by atoms with E-state index in [2.05, 4.69) is 15.3 Å². The summed E-state index contributed by atoms with van der Waals surface area (Å²) in [6, 6.07) is 0. The van der Waals surface area contributed by atoms with Crippen molar-refractivity contribution in [2.45, 2.75) is 6.92 Å². The molecule has 1 unspecified atom stereocenters. The van der Waals surface area contributed by atoms with Crippen LogP contribution in [-0.4, -0.2) is 32.6 Å². The van der Waals surface area contributed by atoms with Crippen molar-refractivity contribution in [1.82, 2.24) is 14.4 Å². The minimum Gasteiger partial charge on any atom is -0.396 e. The molecule has 2 heterocycles. The van der Waals surface area contributed by atoms with Gasteiger partial charge in [0, 0.05) is 25.5 Å². The van der Waals surface area contributed by atoms with Crippen LogP contribution in [0.5, 0.6) is 0 Å². The molecule has 0 radical (unpaired) electrons. The first-order chi connectivity index (χ1) is 7.70. The summed E-state index contributed by atoms with van der Waals surface area (Å²) in [5.74, 6) is 1.24. The number of fused-ring (bicyclic) bond motifs is 1. The summed E-state index contributed by atoms with van der Waals surface area (Å²) in [4.78, 5) is 8.36. The largest absolute Gasteiger partial charge is 0.396 e. The van der Waals surface area contributed by atoms with E-state index in [9.17, 15) is 0 Å². The van der Waals surface area contributed by atoms with Gasteiger partial charge in [-0.05, 0) is 5.92 Å². The standard InChI is InChI=1S/C10H15N5O/c1-7(6-16)4-13-9-10-12-2-3-15(10)5-8(11)14-9/h2-3,5,7,16H,4,6,11H2,1H3,(H,13,14). The van der Waals surface area contributed by atoms with Crippen LogP contribution >= 0.6 is 0 Å². The van der Waals surface area contributed by atoms with Gasteiger partial charge in [0.1, 0.15) is 5.82 Å². The summed E-state index contributed by atoms with van der Waals surface area (Å²) in [6.07, 6.45) is 5.22. The minimum absolute atomic E-state index is 0.139. The number of imidazole rings is 1. The van der Waals surface area contributed by atoms with Crippen LogP contribution < -0.4 is 11.1 Å². The van der Waals surface area contributed by atoms with Gasteiger partial charge in [0.05, 0.1) is 6.20 Å². The smallest absolute Gasteiger partial charge is 0.180 e. The van der Waals surface area contributed by atoms with Gasteiger partial charge < -0.3 is 20.6 Å². The second kappa shape index (κ2) is 4.36. The van der Waals surface area contributed by atoms with E-state index in [1.54, 1.807) is 12.4 Å². The normalized spacial score (nSPS) is 12.9. The second-order valence-corrected chi connectivity index (χ2v) is 3.84. The highest BCUT2D eigenvalue weighted by atomic mass is 16.3. The van der Waals surface area contributed by atoms with Crippen molar-refractivity contribution < 1.29 is 5.11 Å². The first kappa shape index (κ1) is 10.7. The van der Waals surface area contributed by atoms with Crippen LogP contribution in [0.1, 0.15) is 6.92 Å². The van der Waals surface area contributed by atoms with Gasteiger partial charge in [0.15, 0.2) is 11.5 Å². The molecule has 16 heavy (non-hydrogen) atoms. The summed E-state index contributed by atoms with van der Waals surface area (Å²) in [6.45, 7) is 2.72. The molecule has 2 aromatic heterocycles. The Morgan fingerprint density at radius 3 is 3.19 bits per heavy atom. The summed E-state index contributed by atoms with van der Waals surface area (Å²) in [5, 5.41) is 12.1. The van der Waals surface area contributed by atoms with Gasteiger partial charge in [-0.25, -0.2) is 9.97 Å². The third kappa shape index (κ3) is 2.06. The number of nitrogens with one attached hydrogen (secondary N) is 1. The molecule has 0 bridgehead atoms. The van der Waals surface area contributed by atoms with Gasteiger partial charge in [-0.3, -0.25) is 0 Å². The molecular formula is C10H15N5O. The fraction of sp³-hybridized carbons (Fsp3) is 0.400. The molecule has 0 spiro atoms. The van der Waals surface area contributed by atoms with Gasteiger partial charge in [0.25, 0.3) is 0 Å². The van der Waals surface area contributed by atoms with Crippen molar-refractivity contribution in [3.05, 3.63) is 18.6 Å². The molecular weight excluding hydrogens is 206 g/mol. The monoisotopic (exact) mass is 221 g/mol. The van der Waals surface area contributed by atoms with Crippen molar-refractivity contribution in [3.8, 4) is 0 Å². The zero-order valence-electron chi connectivity index (χ0n) is 9.09. The minimum atomic E-state index is 0.139. The highest BCUT2D eigenvalue weighted by Gasteiger charge is 2.07. The van der Waals surface area contributed by atoms with Crippen LogP contribution in [0.4, 0.5) is 11.6 Å². The van der Waals surface area contributed by atoms with Crippen LogP contribution in [-0.2, 0) is 0 Å². The van der Waals surface area contributed by atoms with Crippen molar-refractivity contribution in [3.63, 3.8) is 0 Å². The Hall–Kier alpha value is -1.82. The molecule has 0 aliphatic rings. The number of anilines is 2. The molecule has 0 aromatic carbocycles. The number of hydrogen-bond acceptors (Lipinski definition) is 5. The van der Waals surface area contributed by atoms with Crippen LogP contribution in [0.15, 0.2) is 18.6 Å². The maximum atomic E-state index is 8.93. The lowest BCUT2D eigenvalue weighted by atomic mass is 10.2. The molecule has 0 amide bonds. The molecule has 0 fully saturated rings. The average molecular weight is 221 g/mol. The zero-order valence-corrected chi connectivity index (χ0v) is 9.09. The van der Waals surface area contributed by atoms with Gasteiger partial charge >= 0.3 is 0 Å². The second-order valence-electron chi connectivity index (χ2n) is 3.84. The van der Waals surface area contributed by atoms with Gasteiger partial charge in [0.2, 0.25) is 0 Å². The number of nitrogen functional groups attached to an aromatic ring is 1. The number of aromatic nitrogens is 3. The number of nitrogens with zero attached hydrogens (tertiary/aromatic N) is 3. The number of rotatable bonds is 4. The third-order valence-electron chi connectivity index (χ3n) is 2.32. The van der Waals surface area contributed by atoms with Crippen LogP contribution in [0.2, 0.25) is 0 Å². The highest BCUT2D eigenvalue weighted by Crippen LogP contribution is 2.14. The quantitative estimate of drug-likeness (QED) is 0.693. The van der Waals surface area contributed by atoms with Crippen LogP contribution in [0.3, 0.4) is 0 Å². The molecule has 86 valence electrons. The summed E-state index contributed by atoms with van der Waals surface area (Å²) < 4.78 is 1.81. The fourth-order valence-electron chi connectivity index (χ4n) is 1.41. The molecule has 4 N–H and O–H groups in total. The van der Waals surface area contributed by atoms with E-state index < -0.39 is 0 Å². The van der Waals surface area contributed by atoms with Gasteiger partial charge in [-0.1, -0.05) is 6.92 Å². The molecule has 6 heteroatoms. The van der Waals surface area contributed by atoms with Gasteiger partial charge in [-0.15, -0.1) is 0 Å². The van der Waals surface area contributed by atoms with E-state index in [1.165, 1.54) is 0 Å². The summed E-state index contributed by atoms with van der Waals surface area (Å²) in [7, 11) is 0. The Kier molecular flexibility index (Phi) is 2.91. The highest BCUT2D eigenvalue weighted by molar-refractivity contribution is 5.64. The van der Waals surface area contributed by atoms with E-state index >= 15 is 0 Å². The Balaban J connectivity index is 2.25. The SMILES string of the molecule is CC(CO)CNc1nc(N)cn2ccnc12. The third-order valence-corrected chi connectivity index (χ3v) is 2.32. The van der Waals surface area contributed by atoms with Crippen LogP contribution in [0, 0.1) is 5.92 Å². The number of hydrogen-bond donors (Lipinski definition) is 3. The average Bonchev–Trinajstić information content (AvgIpc) is 2.73. The molecule has 6 nitrogen and oxygen atoms in total. The Bertz CT molecular complexity index is 481. The molecule has 1 atom stereocenters. The molecule has 0 aliphatic carbocycles. The van der Waals surface area contributed by atoms with Crippen molar-refractivity contribution in [2.75, 3.05) is 24.2 Å². The molecule has 2 rings (SSSR count). The predicted octanol–water partition coefficient (Wildman–Crippen LogP) is 0.352. The van der Waals surface area contributed by atoms with E-state index in [-0.39, 0.29) is 12.5 Å². The number of aliphatic hydroxyl groups is 1. The summed E-state index contributed by atoms with van der Waals surface area (Å²) >= 11 is 0.